The van der Waals surface area contributed by atoms with E-state index in [1.54, 1.807) is 36.5 Å². The Morgan fingerprint density at radius 1 is 1.22 bits per heavy atom. The average molecular weight is 262 g/mol. The Hall–Kier alpha value is -2.07. The minimum atomic E-state index is -0.0604. The number of benzene rings is 1. The molecular formula is C13H12ClN3O. The van der Waals surface area contributed by atoms with E-state index < -0.39 is 0 Å². The van der Waals surface area contributed by atoms with E-state index in [1.807, 2.05) is 0 Å². The SMILES string of the molecule is Nc1cc(Cl)cc(C(=O)Cc2ccnc(N)c2)c1. The third kappa shape index (κ3) is 2.99. The molecule has 18 heavy (non-hydrogen) atoms. The highest BCUT2D eigenvalue weighted by atomic mass is 35.5. The molecule has 0 radical (unpaired) electrons. The van der Waals surface area contributed by atoms with Crippen molar-refractivity contribution in [2.45, 2.75) is 6.42 Å². The number of nitrogen functional groups attached to an aromatic ring is 2. The van der Waals surface area contributed by atoms with Gasteiger partial charge in [0, 0.05) is 28.9 Å². The second kappa shape index (κ2) is 5.06. The highest BCUT2D eigenvalue weighted by Crippen LogP contribution is 2.18. The summed E-state index contributed by atoms with van der Waals surface area (Å²) >= 11 is 5.86. The summed E-state index contributed by atoms with van der Waals surface area (Å²) in [4.78, 5) is 15.9. The predicted molar refractivity (Wildman–Crippen MR) is 72.5 cm³/mol. The first-order chi connectivity index (χ1) is 8.54. The van der Waals surface area contributed by atoms with Gasteiger partial charge in [0.05, 0.1) is 0 Å². The zero-order valence-electron chi connectivity index (χ0n) is 9.56. The molecule has 0 unspecified atom stereocenters. The van der Waals surface area contributed by atoms with E-state index in [0.717, 1.165) is 5.56 Å². The maximum atomic E-state index is 12.1. The van der Waals surface area contributed by atoms with Crippen LogP contribution >= 0.6 is 11.6 Å². The summed E-state index contributed by atoms with van der Waals surface area (Å²) in [6.45, 7) is 0. The average Bonchev–Trinajstić information content (AvgIpc) is 2.27. The van der Waals surface area contributed by atoms with E-state index in [9.17, 15) is 4.79 Å². The lowest BCUT2D eigenvalue weighted by Gasteiger charge is -2.04. The van der Waals surface area contributed by atoms with E-state index in [-0.39, 0.29) is 12.2 Å². The number of nitrogens with two attached hydrogens (primary N) is 2. The molecule has 0 saturated carbocycles. The fourth-order valence-electron chi connectivity index (χ4n) is 1.67. The van der Waals surface area contributed by atoms with Gasteiger partial charge in [-0.1, -0.05) is 11.6 Å². The van der Waals surface area contributed by atoms with Crippen LogP contribution in [0.15, 0.2) is 36.5 Å². The molecule has 0 bridgehead atoms. The van der Waals surface area contributed by atoms with Gasteiger partial charge < -0.3 is 11.5 Å². The molecule has 0 aliphatic carbocycles. The first-order valence-corrected chi connectivity index (χ1v) is 5.72. The maximum absolute atomic E-state index is 12.1. The lowest BCUT2D eigenvalue weighted by Crippen LogP contribution is -2.05. The summed E-state index contributed by atoms with van der Waals surface area (Å²) in [5.74, 6) is 0.334. The summed E-state index contributed by atoms with van der Waals surface area (Å²) in [5, 5.41) is 0.451. The van der Waals surface area contributed by atoms with Crippen LogP contribution in [0.1, 0.15) is 15.9 Å². The van der Waals surface area contributed by atoms with Crippen LogP contribution in [0.5, 0.6) is 0 Å². The molecule has 0 fully saturated rings. The monoisotopic (exact) mass is 261 g/mol. The van der Waals surface area contributed by atoms with Crippen molar-refractivity contribution in [2.24, 2.45) is 0 Å². The van der Waals surface area contributed by atoms with Crippen molar-refractivity contribution in [1.29, 1.82) is 0 Å². The van der Waals surface area contributed by atoms with Crippen molar-refractivity contribution in [3.05, 3.63) is 52.7 Å². The van der Waals surface area contributed by atoms with E-state index in [2.05, 4.69) is 4.98 Å². The molecule has 92 valence electrons. The number of carbonyl (C=O) groups is 1. The van der Waals surface area contributed by atoms with Gasteiger partial charge in [0.15, 0.2) is 5.78 Å². The Morgan fingerprint density at radius 2 is 2.00 bits per heavy atom. The third-order valence-corrected chi connectivity index (χ3v) is 2.67. The van der Waals surface area contributed by atoms with Crippen LogP contribution in [0.3, 0.4) is 0 Å². The normalized spacial score (nSPS) is 10.3. The highest BCUT2D eigenvalue weighted by Gasteiger charge is 2.09. The van der Waals surface area contributed by atoms with Gasteiger partial charge in [0.25, 0.3) is 0 Å². The van der Waals surface area contributed by atoms with Crippen molar-refractivity contribution in [3.8, 4) is 0 Å². The zero-order chi connectivity index (χ0) is 13.1. The number of halogens is 1. The molecule has 2 aromatic rings. The molecule has 5 heteroatoms. The molecule has 0 aliphatic heterocycles. The van der Waals surface area contributed by atoms with Crippen molar-refractivity contribution in [3.63, 3.8) is 0 Å². The highest BCUT2D eigenvalue weighted by molar-refractivity contribution is 6.31. The maximum Gasteiger partial charge on any atom is 0.167 e. The van der Waals surface area contributed by atoms with Gasteiger partial charge in [0.2, 0.25) is 0 Å². The summed E-state index contributed by atoms with van der Waals surface area (Å²) in [6.07, 6.45) is 1.82. The molecule has 1 aromatic carbocycles. The Labute approximate surface area is 110 Å². The van der Waals surface area contributed by atoms with Crippen LogP contribution in [-0.4, -0.2) is 10.8 Å². The molecule has 0 atom stereocenters. The second-order valence-corrected chi connectivity index (χ2v) is 4.40. The van der Waals surface area contributed by atoms with Crippen LogP contribution in [0.4, 0.5) is 11.5 Å². The number of aromatic nitrogens is 1. The van der Waals surface area contributed by atoms with E-state index in [4.69, 9.17) is 23.1 Å². The van der Waals surface area contributed by atoms with Gasteiger partial charge in [0.1, 0.15) is 5.82 Å². The van der Waals surface area contributed by atoms with Crippen LogP contribution in [-0.2, 0) is 6.42 Å². The third-order valence-electron chi connectivity index (χ3n) is 2.45. The van der Waals surface area contributed by atoms with Gasteiger partial charge >= 0.3 is 0 Å². The summed E-state index contributed by atoms with van der Waals surface area (Å²) in [6, 6.07) is 8.24. The molecule has 0 spiro atoms. The van der Waals surface area contributed by atoms with Crippen LogP contribution < -0.4 is 11.5 Å². The minimum absolute atomic E-state index is 0.0604. The standard InChI is InChI=1S/C13H12ClN3O/c14-10-5-9(6-11(15)7-10)12(18)3-8-1-2-17-13(16)4-8/h1-2,4-7H,3,15H2,(H2,16,17). The first-order valence-electron chi connectivity index (χ1n) is 5.34. The smallest absolute Gasteiger partial charge is 0.167 e. The molecule has 0 saturated heterocycles. The number of Topliss-reactive ketones (excluding diaryl/α,β-unsaturated/α-hetero) is 1. The molecule has 1 heterocycles. The number of carbonyl (C=O) groups excluding carboxylic acids is 1. The van der Waals surface area contributed by atoms with Gasteiger partial charge in [-0.3, -0.25) is 4.79 Å². The first kappa shape index (κ1) is 12.4. The largest absolute Gasteiger partial charge is 0.399 e. The number of pyridine rings is 1. The van der Waals surface area contributed by atoms with E-state index in [1.165, 1.54) is 0 Å². The molecule has 2 rings (SSSR count). The van der Waals surface area contributed by atoms with Crippen molar-refractivity contribution in [2.75, 3.05) is 11.5 Å². The fourth-order valence-corrected chi connectivity index (χ4v) is 1.91. The van der Waals surface area contributed by atoms with Gasteiger partial charge in [-0.15, -0.1) is 0 Å². The fraction of sp³-hybridized carbons (Fsp3) is 0.0769. The quantitative estimate of drug-likeness (QED) is 0.656. The van der Waals surface area contributed by atoms with Crippen LogP contribution in [0.25, 0.3) is 0 Å². The number of ketones is 1. The van der Waals surface area contributed by atoms with Gasteiger partial charge in [-0.25, -0.2) is 4.98 Å². The predicted octanol–water partition coefficient (Wildman–Crippen LogP) is 2.32. The Morgan fingerprint density at radius 3 is 2.67 bits per heavy atom. The van der Waals surface area contributed by atoms with Crippen molar-refractivity contribution >= 4 is 28.9 Å². The van der Waals surface area contributed by atoms with Gasteiger partial charge in [-0.05, 0) is 35.9 Å². The van der Waals surface area contributed by atoms with Crippen LogP contribution in [0.2, 0.25) is 5.02 Å². The summed E-state index contributed by atoms with van der Waals surface area (Å²) in [5.41, 5.74) is 13.0. The Bertz CT molecular complexity index is 578. The number of hydrogen-bond donors (Lipinski definition) is 2. The lowest BCUT2D eigenvalue weighted by atomic mass is 10.0. The van der Waals surface area contributed by atoms with Crippen molar-refractivity contribution in [1.82, 2.24) is 4.98 Å². The van der Waals surface area contributed by atoms with E-state index in [0.29, 0.717) is 22.1 Å². The number of nitrogens with zero attached hydrogens (tertiary/aromatic N) is 1. The Kier molecular flexibility index (Phi) is 3.48. The molecule has 1 aromatic heterocycles. The molecular weight excluding hydrogens is 250 g/mol. The zero-order valence-corrected chi connectivity index (χ0v) is 10.3. The molecule has 4 nitrogen and oxygen atoms in total. The molecule has 0 amide bonds. The van der Waals surface area contributed by atoms with Gasteiger partial charge in [-0.2, -0.15) is 0 Å². The number of hydrogen-bond acceptors (Lipinski definition) is 4. The second-order valence-electron chi connectivity index (χ2n) is 3.96. The lowest BCUT2D eigenvalue weighted by molar-refractivity contribution is 0.0993. The van der Waals surface area contributed by atoms with E-state index >= 15 is 0 Å². The number of rotatable bonds is 3. The Balaban J connectivity index is 2.22. The van der Waals surface area contributed by atoms with Crippen LogP contribution in [0, 0.1) is 0 Å². The van der Waals surface area contributed by atoms with Crippen molar-refractivity contribution < 1.29 is 4.79 Å². The molecule has 4 N–H and O–H groups in total. The topological polar surface area (TPSA) is 82.0 Å². The molecule has 0 aliphatic rings. The minimum Gasteiger partial charge on any atom is -0.399 e. The summed E-state index contributed by atoms with van der Waals surface area (Å²) in [7, 11) is 0. The number of anilines is 2. The summed E-state index contributed by atoms with van der Waals surface area (Å²) < 4.78 is 0.